The Morgan fingerprint density at radius 1 is 1.03 bits per heavy atom. The van der Waals surface area contributed by atoms with Crippen molar-refractivity contribution in [3.05, 3.63) is 64.7 Å². The van der Waals surface area contributed by atoms with Crippen molar-refractivity contribution in [3.63, 3.8) is 0 Å². The molecule has 1 aliphatic rings. The molecule has 32 heavy (non-hydrogen) atoms. The largest absolute Gasteiger partial charge is 0.507 e. The summed E-state index contributed by atoms with van der Waals surface area (Å²) in [6.45, 7) is 8.74. The number of carbonyl (C=O) groups is 2. The minimum absolute atomic E-state index is 0.0276. The maximum atomic E-state index is 13.1. The van der Waals surface area contributed by atoms with Crippen LogP contribution in [0.1, 0.15) is 56.8 Å². The Kier molecular flexibility index (Phi) is 6.63. The first kappa shape index (κ1) is 23.4. The molecule has 3 rings (SSSR count). The lowest BCUT2D eigenvalue weighted by Gasteiger charge is -2.26. The third kappa shape index (κ3) is 4.22. The zero-order valence-electron chi connectivity index (χ0n) is 19.6. The number of ketones is 1. The second-order valence-electron chi connectivity index (χ2n) is 8.93. The SMILES string of the molecule is CCCN1C(=O)C(=O)/C(=C(\O)c2ccc(OC)cc2OC)C1c1ccc(C(C)(C)C)cc1. The van der Waals surface area contributed by atoms with E-state index in [1.54, 1.807) is 18.2 Å². The normalized spacial score (nSPS) is 18.2. The molecule has 0 radical (unpaired) electrons. The number of aliphatic hydroxyl groups excluding tert-OH is 1. The number of methoxy groups -OCH3 is 2. The molecule has 1 atom stereocenters. The Hall–Kier alpha value is -3.28. The highest BCUT2D eigenvalue weighted by molar-refractivity contribution is 6.46. The van der Waals surface area contributed by atoms with Crippen LogP contribution >= 0.6 is 0 Å². The van der Waals surface area contributed by atoms with Crippen molar-refractivity contribution in [3.8, 4) is 11.5 Å². The Labute approximate surface area is 189 Å². The van der Waals surface area contributed by atoms with Gasteiger partial charge in [0.25, 0.3) is 11.7 Å². The Morgan fingerprint density at radius 3 is 2.22 bits per heavy atom. The zero-order chi connectivity index (χ0) is 23.6. The van der Waals surface area contributed by atoms with Gasteiger partial charge in [-0.1, -0.05) is 52.0 Å². The predicted octanol–water partition coefficient (Wildman–Crippen LogP) is 4.83. The molecule has 0 bridgehead atoms. The predicted molar refractivity (Wildman–Crippen MR) is 124 cm³/mol. The molecule has 1 aliphatic heterocycles. The molecule has 0 saturated carbocycles. The maximum absolute atomic E-state index is 13.1. The van der Waals surface area contributed by atoms with Crippen molar-refractivity contribution >= 4 is 17.4 Å². The van der Waals surface area contributed by atoms with Crippen LogP contribution < -0.4 is 9.47 Å². The van der Waals surface area contributed by atoms with Crippen LogP contribution in [0.25, 0.3) is 5.76 Å². The lowest BCUT2D eigenvalue weighted by Crippen LogP contribution is -2.30. The van der Waals surface area contributed by atoms with Crippen LogP contribution in [-0.4, -0.2) is 42.5 Å². The Balaban J connectivity index is 2.19. The van der Waals surface area contributed by atoms with E-state index in [0.717, 1.165) is 11.1 Å². The average Bonchev–Trinajstić information content (AvgIpc) is 3.03. The van der Waals surface area contributed by atoms with Gasteiger partial charge in [-0.3, -0.25) is 9.59 Å². The molecule has 6 nitrogen and oxygen atoms in total. The van der Waals surface area contributed by atoms with Crippen molar-refractivity contribution in [1.82, 2.24) is 4.90 Å². The van der Waals surface area contributed by atoms with Gasteiger partial charge in [-0.2, -0.15) is 0 Å². The zero-order valence-corrected chi connectivity index (χ0v) is 19.6. The fourth-order valence-corrected chi connectivity index (χ4v) is 4.00. The van der Waals surface area contributed by atoms with Gasteiger partial charge in [-0.25, -0.2) is 0 Å². The number of ether oxygens (including phenoxy) is 2. The van der Waals surface area contributed by atoms with Crippen molar-refractivity contribution < 1.29 is 24.2 Å². The van der Waals surface area contributed by atoms with Crippen LogP contribution in [0.2, 0.25) is 0 Å². The molecule has 0 spiro atoms. The maximum Gasteiger partial charge on any atom is 0.295 e. The van der Waals surface area contributed by atoms with E-state index in [1.165, 1.54) is 19.1 Å². The highest BCUT2D eigenvalue weighted by Crippen LogP contribution is 2.42. The summed E-state index contributed by atoms with van der Waals surface area (Å²) in [5.41, 5.74) is 2.29. The molecule has 170 valence electrons. The smallest absolute Gasteiger partial charge is 0.295 e. The molecule has 1 unspecified atom stereocenters. The number of nitrogens with zero attached hydrogens (tertiary/aromatic N) is 1. The standard InChI is InChI=1S/C26H31NO5/c1-7-14-27-22(16-8-10-17(11-9-16)26(2,3)4)21(24(29)25(27)30)23(28)19-13-12-18(31-5)15-20(19)32-6/h8-13,15,22,28H,7,14H2,1-6H3/b23-21-. The van der Waals surface area contributed by atoms with Gasteiger partial charge in [-0.05, 0) is 35.1 Å². The summed E-state index contributed by atoms with van der Waals surface area (Å²) in [6.07, 6.45) is 0.690. The number of hydrogen-bond acceptors (Lipinski definition) is 5. The number of likely N-dealkylation sites (tertiary alicyclic amines) is 1. The van der Waals surface area contributed by atoms with E-state index in [-0.39, 0.29) is 16.7 Å². The van der Waals surface area contributed by atoms with Gasteiger partial charge in [0.2, 0.25) is 0 Å². The molecule has 1 fully saturated rings. The topological polar surface area (TPSA) is 76.1 Å². The van der Waals surface area contributed by atoms with Crippen LogP contribution in [0, 0.1) is 0 Å². The van der Waals surface area contributed by atoms with Crippen LogP contribution in [0.15, 0.2) is 48.0 Å². The number of carbonyl (C=O) groups excluding carboxylic acids is 2. The van der Waals surface area contributed by atoms with Gasteiger partial charge < -0.3 is 19.5 Å². The van der Waals surface area contributed by atoms with Crippen molar-refractivity contribution in [2.24, 2.45) is 0 Å². The van der Waals surface area contributed by atoms with Gasteiger partial charge in [-0.15, -0.1) is 0 Å². The quantitative estimate of drug-likeness (QED) is 0.398. The van der Waals surface area contributed by atoms with Gasteiger partial charge in [0.05, 0.1) is 31.4 Å². The number of benzene rings is 2. The van der Waals surface area contributed by atoms with E-state index < -0.39 is 17.7 Å². The molecule has 1 N–H and O–H groups in total. The number of aliphatic hydroxyl groups is 1. The summed E-state index contributed by atoms with van der Waals surface area (Å²) in [5, 5.41) is 11.2. The molecule has 1 amide bonds. The second kappa shape index (κ2) is 9.07. The van der Waals surface area contributed by atoms with Crippen LogP contribution in [0.3, 0.4) is 0 Å². The highest BCUT2D eigenvalue weighted by Gasteiger charge is 2.46. The monoisotopic (exact) mass is 437 g/mol. The Morgan fingerprint density at radius 2 is 1.69 bits per heavy atom. The summed E-state index contributed by atoms with van der Waals surface area (Å²) in [5.74, 6) is -0.652. The second-order valence-corrected chi connectivity index (χ2v) is 8.93. The molecule has 2 aromatic rings. The van der Waals surface area contributed by atoms with E-state index in [4.69, 9.17) is 9.47 Å². The van der Waals surface area contributed by atoms with E-state index in [1.807, 2.05) is 31.2 Å². The minimum atomic E-state index is -0.696. The summed E-state index contributed by atoms with van der Waals surface area (Å²) in [6, 6.07) is 12.1. The highest BCUT2D eigenvalue weighted by atomic mass is 16.5. The number of rotatable bonds is 6. The summed E-state index contributed by atoms with van der Waals surface area (Å²) >= 11 is 0. The van der Waals surface area contributed by atoms with Crippen LogP contribution in [0.4, 0.5) is 0 Å². The summed E-state index contributed by atoms with van der Waals surface area (Å²) in [7, 11) is 3.01. The minimum Gasteiger partial charge on any atom is -0.507 e. The molecule has 0 aromatic heterocycles. The molecular formula is C26H31NO5. The summed E-state index contributed by atoms with van der Waals surface area (Å²) in [4.78, 5) is 27.5. The first-order valence-electron chi connectivity index (χ1n) is 10.7. The number of Topliss-reactive ketones (excluding diaryl/α,β-unsaturated/α-hetero) is 1. The van der Waals surface area contributed by atoms with Gasteiger partial charge in [0.1, 0.15) is 17.3 Å². The fourth-order valence-electron chi connectivity index (χ4n) is 4.00. The molecule has 1 saturated heterocycles. The molecule has 2 aromatic carbocycles. The van der Waals surface area contributed by atoms with Crippen LogP contribution in [-0.2, 0) is 15.0 Å². The fraction of sp³-hybridized carbons (Fsp3) is 0.385. The van der Waals surface area contributed by atoms with E-state index in [2.05, 4.69) is 20.8 Å². The average molecular weight is 438 g/mol. The molecule has 6 heteroatoms. The van der Waals surface area contributed by atoms with Crippen molar-refractivity contribution in [2.75, 3.05) is 20.8 Å². The first-order valence-corrected chi connectivity index (χ1v) is 10.7. The number of hydrogen-bond donors (Lipinski definition) is 1. The number of amides is 1. The molecule has 1 heterocycles. The molecular weight excluding hydrogens is 406 g/mol. The van der Waals surface area contributed by atoms with E-state index in [0.29, 0.717) is 30.0 Å². The van der Waals surface area contributed by atoms with Gasteiger partial charge >= 0.3 is 0 Å². The van der Waals surface area contributed by atoms with E-state index >= 15 is 0 Å². The molecule has 0 aliphatic carbocycles. The third-order valence-corrected chi connectivity index (χ3v) is 5.76. The van der Waals surface area contributed by atoms with Crippen molar-refractivity contribution in [1.29, 1.82) is 0 Å². The lowest BCUT2D eigenvalue weighted by molar-refractivity contribution is -0.139. The van der Waals surface area contributed by atoms with Crippen molar-refractivity contribution in [2.45, 2.75) is 45.6 Å². The third-order valence-electron chi connectivity index (χ3n) is 5.76. The van der Waals surface area contributed by atoms with Gasteiger partial charge in [0.15, 0.2) is 0 Å². The summed E-state index contributed by atoms with van der Waals surface area (Å²) < 4.78 is 10.6. The first-order chi connectivity index (χ1) is 15.1. The van der Waals surface area contributed by atoms with Gasteiger partial charge in [0, 0.05) is 12.6 Å². The Bertz CT molecular complexity index is 1050. The van der Waals surface area contributed by atoms with Crippen LogP contribution in [0.5, 0.6) is 11.5 Å². The van der Waals surface area contributed by atoms with E-state index in [9.17, 15) is 14.7 Å². The lowest BCUT2D eigenvalue weighted by atomic mass is 9.85.